The van der Waals surface area contributed by atoms with Gasteiger partial charge in [0.05, 0.1) is 6.04 Å². The van der Waals surface area contributed by atoms with Crippen molar-refractivity contribution in [3.8, 4) is 0 Å². The van der Waals surface area contributed by atoms with E-state index in [4.69, 9.17) is 5.84 Å². The average molecular weight is 246 g/mol. The predicted molar refractivity (Wildman–Crippen MR) is 74.0 cm³/mol. The molecule has 2 rings (SSSR count). The molecule has 0 saturated heterocycles. The van der Waals surface area contributed by atoms with E-state index in [1.54, 1.807) is 11.3 Å². The fourth-order valence-corrected chi connectivity index (χ4v) is 2.58. The van der Waals surface area contributed by atoms with E-state index in [0.29, 0.717) is 0 Å². The van der Waals surface area contributed by atoms with Crippen molar-refractivity contribution in [1.29, 1.82) is 0 Å². The van der Waals surface area contributed by atoms with Gasteiger partial charge < -0.3 is 0 Å². The van der Waals surface area contributed by atoms with Gasteiger partial charge in [0, 0.05) is 0 Å². The number of aryl methyl sites for hydroxylation is 2. The molecule has 1 aromatic carbocycles. The van der Waals surface area contributed by atoms with Gasteiger partial charge in [0.25, 0.3) is 0 Å². The number of hydrazine groups is 1. The summed E-state index contributed by atoms with van der Waals surface area (Å²) in [6, 6.07) is 8.85. The molecule has 2 aromatic rings. The number of rotatable bonds is 4. The summed E-state index contributed by atoms with van der Waals surface area (Å²) in [5.74, 6) is 5.66. The molecule has 1 unspecified atom stereocenters. The van der Waals surface area contributed by atoms with Crippen molar-refractivity contribution in [3.63, 3.8) is 0 Å². The molecule has 1 atom stereocenters. The summed E-state index contributed by atoms with van der Waals surface area (Å²) in [5, 5.41) is 4.27. The first kappa shape index (κ1) is 12.3. The number of hydrogen-bond donors (Lipinski definition) is 2. The Morgan fingerprint density at radius 1 is 1.24 bits per heavy atom. The van der Waals surface area contributed by atoms with Crippen molar-refractivity contribution >= 4 is 11.3 Å². The topological polar surface area (TPSA) is 38.0 Å². The molecule has 0 saturated carbocycles. The van der Waals surface area contributed by atoms with Gasteiger partial charge in [0.15, 0.2) is 0 Å². The minimum Gasteiger partial charge on any atom is -0.271 e. The minimum absolute atomic E-state index is 0.184. The molecule has 0 amide bonds. The molecule has 17 heavy (non-hydrogen) atoms. The summed E-state index contributed by atoms with van der Waals surface area (Å²) >= 11 is 1.72. The summed E-state index contributed by atoms with van der Waals surface area (Å²) in [6.07, 6.45) is 0.933. The summed E-state index contributed by atoms with van der Waals surface area (Å²) in [5.41, 5.74) is 8.12. The lowest BCUT2D eigenvalue weighted by Gasteiger charge is -2.17. The lowest BCUT2D eigenvalue weighted by Crippen LogP contribution is -2.29. The molecule has 1 aromatic heterocycles. The van der Waals surface area contributed by atoms with E-state index < -0.39 is 0 Å². The monoisotopic (exact) mass is 246 g/mol. The highest BCUT2D eigenvalue weighted by atomic mass is 32.1. The first-order valence-electron chi connectivity index (χ1n) is 5.75. The van der Waals surface area contributed by atoms with Gasteiger partial charge in [-0.3, -0.25) is 11.3 Å². The number of nitrogens with two attached hydrogens (primary N) is 1. The normalized spacial score (nSPS) is 12.6. The van der Waals surface area contributed by atoms with E-state index in [0.717, 1.165) is 6.42 Å². The number of benzene rings is 1. The fourth-order valence-electron chi connectivity index (χ4n) is 1.90. The first-order chi connectivity index (χ1) is 8.20. The maximum atomic E-state index is 5.66. The molecule has 90 valence electrons. The Balaban J connectivity index is 2.20. The van der Waals surface area contributed by atoms with Crippen LogP contribution in [-0.2, 0) is 6.42 Å². The number of nitrogens with one attached hydrogen (secondary N) is 1. The zero-order chi connectivity index (χ0) is 12.3. The largest absolute Gasteiger partial charge is 0.271 e. The SMILES string of the molecule is Cc1ccc(C(Cc2ccsc2)NN)cc1C. The molecule has 0 spiro atoms. The second-order valence-corrected chi connectivity index (χ2v) is 5.18. The summed E-state index contributed by atoms with van der Waals surface area (Å²) < 4.78 is 0. The standard InChI is InChI=1S/C14H18N2S/c1-10-3-4-13(7-11(10)2)14(16-15)8-12-5-6-17-9-12/h3-7,9,14,16H,8,15H2,1-2H3. The van der Waals surface area contributed by atoms with Gasteiger partial charge >= 0.3 is 0 Å². The van der Waals surface area contributed by atoms with Crippen molar-refractivity contribution in [2.45, 2.75) is 26.3 Å². The molecular weight excluding hydrogens is 228 g/mol. The van der Waals surface area contributed by atoms with Crippen molar-refractivity contribution in [1.82, 2.24) is 5.43 Å². The van der Waals surface area contributed by atoms with E-state index in [9.17, 15) is 0 Å². The molecule has 3 N–H and O–H groups in total. The van der Waals surface area contributed by atoms with E-state index in [2.05, 4.69) is 54.3 Å². The quantitative estimate of drug-likeness (QED) is 0.642. The molecule has 0 aliphatic carbocycles. The average Bonchev–Trinajstić information content (AvgIpc) is 2.82. The van der Waals surface area contributed by atoms with Gasteiger partial charge in [-0.25, -0.2) is 0 Å². The van der Waals surface area contributed by atoms with Crippen LogP contribution in [-0.4, -0.2) is 0 Å². The second-order valence-electron chi connectivity index (χ2n) is 4.40. The lowest BCUT2D eigenvalue weighted by atomic mass is 9.97. The van der Waals surface area contributed by atoms with Gasteiger partial charge in [-0.2, -0.15) is 11.3 Å². The smallest absolute Gasteiger partial charge is 0.0500 e. The van der Waals surface area contributed by atoms with E-state index in [1.165, 1.54) is 22.3 Å². The zero-order valence-corrected chi connectivity index (χ0v) is 11.1. The van der Waals surface area contributed by atoms with Gasteiger partial charge in [-0.05, 0) is 59.3 Å². The van der Waals surface area contributed by atoms with Crippen LogP contribution in [0.1, 0.15) is 28.3 Å². The minimum atomic E-state index is 0.184. The molecule has 3 heteroatoms. The van der Waals surface area contributed by atoms with Gasteiger partial charge in [0.1, 0.15) is 0 Å². The second kappa shape index (κ2) is 5.45. The summed E-state index contributed by atoms with van der Waals surface area (Å²) in [4.78, 5) is 0. The predicted octanol–water partition coefficient (Wildman–Crippen LogP) is 3.11. The molecule has 0 bridgehead atoms. The molecule has 0 aliphatic rings. The fraction of sp³-hybridized carbons (Fsp3) is 0.286. The Hall–Kier alpha value is -1.16. The maximum Gasteiger partial charge on any atom is 0.0500 e. The molecule has 0 aliphatic heterocycles. The van der Waals surface area contributed by atoms with Crippen LogP contribution in [0.4, 0.5) is 0 Å². The highest BCUT2D eigenvalue weighted by Crippen LogP contribution is 2.21. The van der Waals surface area contributed by atoms with Crippen LogP contribution in [0.3, 0.4) is 0 Å². The first-order valence-corrected chi connectivity index (χ1v) is 6.69. The van der Waals surface area contributed by atoms with Gasteiger partial charge in [-0.1, -0.05) is 18.2 Å². The third-order valence-corrected chi connectivity index (χ3v) is 3.89. The van der Waals surface area contributed by atoms with Crippen molar-refractivity contribution in [2.24, 2.45) is 5.84 Å². The van der Waals surface area contributed by atoms with Gasteiger partial charge in [0.2, 0.25) is 0 Å². The Morgan fingerprint density at radius 3 is 2.65 bits per heavy atom. The van der Waals surface area contributed by atoms with Crippen LogP contribution in [0.5, 0.6) is 0 Å². The van der Waals surface area contributed by atoms with Crippen LogP contribution in [0.15, 0.2) is 35.0 Å². The summed E-state index contributed by atoms with van der Waals surface area (Å²) in [6.45, 7) is 4.26. The van der Waals surface area contributed by atoms with Crippen LogP contribution in [0.25, 0.3) is 0 Å². The molecule has 1 heterocycles. The third-order valence-electron chi connectivity index (χ3n) is 3.15. The molecule has 0 fully saturated rings. The van der Waals surface area contributed by atoms with Crippen molar-refractivity contribution in [2.75, 3.05) is 0 Å². The Labute approximate surface area is 106 Å². The lowest BCUT2D eigenvalue weighted by molar-refractivity contribution is 0.552. The molecular formula is C14H18N2S. The van der Waals surface area contributed by atoms with Crippen molar-refractivity contribution < 1.29 is 0 Å². The number of hydrogen-bond acceptors (Lipinski definition) is 3. The zero-order valence-electron chi connectivity index (χ0n) is 10.2. The van der Waals surface area contributed by atoms with E-state index in [-0.39, 0.29) is 6.04 Å². The van der Waals surface area contributed by atoms with Crippen LogP contribution < -0.4 is 11.3 Å². The Bertz CT molecular complexity index is 477. The number of thiophene rings is 1. The maximum absolute atomic E-state index is 5.66. The molecule has 2 nitrogen and oxygen atoms in total. The van der Waals surface area contributed by atoms with Crippen LogP contribution in [0, 0.1) is 13.8 Å². The third kappa shape index (κ3) is 2.94. The summed E-state index contributed by atoms with van der Waals surface area (Å²) in [7, 11) is 0. The van der Waals surface area contributed by atoms with Crippen LogP contribution >= 0.6 is 11.3 Å². The van der Waals surface area contributed by atoms with Crippen LogP contribution in [0.2, 0.25) is 0 Å². The Morgan fingerprint density at radius 2 is 2.06 bits per heavy atom. The Kier molecular flexibility index (Phi) is 3.94. The van der Waals surface area contributed by atoms with E-state index >= 15 is 0 Å². The van der Waals surface area contributed by atoms with Gasteiger partial charge in [-0.15, -0.1) is 0 Å². The highest BCUT2D eigenvalue weighted by molar-refractivity contribution is 7.07. The highest BCUT2D eigenvalue weighted by Gasteiger charge is 2.11. The van der Waals surface area contributed by atoms with Crippen molar-refractivity contribution in [3.05, 3.63) is 57.3 Å². The molecule has 0 radical (unpaired) electrons. The van der Waals surface area contributed by atoms with E-state index in [1.807, 2.05) is 0 Å².